The Bertz CT molecular complexity index is 327. The van der Waals surface area contributed by atoms with E-state index in [0.717, 1.165) is 13.2 Å². The molecular weight excluding hydrogens is 196 g/mol. The van der Waals surface area contributed by atoms with Crippen LogP contribution in [-0.2, 0) is 11.3 Å². The summed E-state index contributed by atoms with van der Waals surface area (Å²) in [5.41, 5.74) is 2.75. The van der Waals surface area contributed by atoms with Gasteiger partial charge in [0, 0.05) is 0 Å². The zero-order valence-electron chi connectivity index (χ0n) is 9.82. The van der Waals surface area contributed by atoms with Crippen LogP contribution in [-0.4, -0.2) is 6.61 Å². The highest BCUT2D eigenvalue weighted by Gasteiger charge is 2.02. The van der Waals surface area contributed by atoms with Gasteiger partial charge in [-0.1, -0.05) is 42.8 Å². The van der Waals surface area contributed by atoms with Gasteiger partial charge in [0.1, 0.15) is 0 Å². The Morgan fingerprint density at radius 1 is 0.938 bits per heavy atom. The summed E-state index contributed by atoms with van der Waals surface area (Å²) in [7, 11) is 0. The van der Waals surface area contributed by atoms with E-state index in [-0.39, 0.29) is 0 Å². The van der Waals surface area contributed by atoms with Crippen LogP contribution < -0.4 is 0 Å². The number of hydrogen-bond donors (Lipinski definition) is 0. The van der Waals surface area contributed by atoms with Crippen molar-refractivity contribution in [1.82, 2.24) is 0 Å². The van der Waals surface area contributed by atoms with Gasteiger partial charge in [0.2, 0.25) is 0 Å². The van der Waals surface area contributed by atoms with Gasteiger partial charge < -0.3 is 4.74 Å². The van der Waals surface area contributed by atoms with E-state index in [4.69, 9.17) is 4.74 Å². The van der Waals surface area contributed by atoms with Gasteiger partial charge in [0.15, 0.2) is 0 Å². The molecule has 0 amide bonds. The number of benzene rings is 1. The second-order valence-corrected chi connectivity index (χ2v) is 4.44. The van der Waals surface area contributed by atoms with E-state index in [9.17, 15) is 0 Å². The molecule has 0 saturated carbocycles. The number of allylic oxidation sites excluding steroid dienone is 1. The molecule has 1 aliphatic carbocycles. The Balaban J connectivity index is 1.73. The normalized spacial score (nSPS) is 16.6. The fraction of sp³-hybridized carbons (Fsp3) is 0.467. The molecule has 2 rings (SSSR count). The SMILES string of the molecule is C1=C(COCc2ccccc2)CCCCC1. The van der Waals surface area contributed by atoms with Crippen LogP contribution >= 0.6 is 0 Å². The van der Waals surface area contributed by atoms with Crippen LogP contribution in [0.2, 0.25) is 0 Å². The maximum atomic E-state index is 5.75. The van der Waals surface area contributed by atoms with Crippen LogP contribution in [0.4, 0.5) is 0 Å². The number of rotatable bonds is 4. The lowest BCUT2D eigenvalue weighted by atomic mass is 10.1. The lowest BCUT2D eigenvalue weighted by Gasteiger charge is -2.07. The van der Waals surface area contributed by atoms with Crippen molar-refractivity contribution in [3.05, 3.63) is 47.5 Å². The maximum Gasteiger partial charge on any atom is 0.0721 e. The summed E-state index contributed by atoms with van der Waals surface area (Å²) in [6.07, 6.45) is 8.90. The highest BCUT2D eigenvalue weighted by atomic mass is 16.5. The van der Waals surface area contributed by atoms with Crippen LogP contribution in [0.3, 0.4) is 0 Å². The van der Waals surface area contributed by atoms with Gasteiger partial charge in [-0.3, -0.25) is 0 Å². The van der Waals surface area contributed by atoms with Crippen molar-refractivity contribution in [2.75, 3.05) is 6.61 Å². The van der Waals surface area contributed by atoms with E-state index in [1.807, 2.05) is 6.07 Å². The molecule has 0 saturated heterocycles. The summed E-state index contributed by atoms with van der Waals surface area (Å²) < 4.78 is 5.75. The van der Waals surface area contributed by atoms with Crippen molar-refractivity contribution in [2.45, 2.75) is 38.7 Å². The summed E-state index contributed by atoms with van der Waals surface area (Å²) in [5, 5.41) is 0. The molecule has 0 unspecified atom stereocenters. The fourth-order valence-electron chi connectivity index (χ4n) is 2.09. The van der Waals surface area contributed by atoms with Crippen molar-refractivity contribution in [2.24, 2.45) is 0 Å². The second kappa shape index (κ2) is 6.49. The second-order valence-electron chi connectivity index (χ2n) is 4.44. The van der Waals surface area contributed by atoms with Crippen LogP contribution in [0.25, 0.3) is 0 Å². The third-order valence-electron chi connectivity index (χ3n) is 3.03. The summed E-state index contributed by atoms with van der Waals surface area (Å²) in [4.78, 5) is 0. The van der Waals surface area contributed by atoms with Gasteiger partial charge in [-0.25, -0.2) is 0 Å². The summed E-state index contributed by atoms with van der Waals surface area (Å²) in [6.45, 7) is 1.55. The topological polar surface area (TPSA) is 9.23 Å². The van der Waals surface area contributed by atoms with Gasteiger partial charge in [-0.2, -0.15) is 0 Å². The molecule has 0 aromatic heterocycles. The van der Waals surface area contributed by atoms with Crippen LogP contribution in [0.5, 0.6) is 0 Å². The highest BCUT2D eigenvalue weighted by molar-refractivity contribution is 5.13. The molecule has 0 N–H and O–H groups in total. The molecule has 0 bridgehead atoms. The molecule has 1 heteroatoms. The lowest BCUT2D eigenvalue weighted by molar-refractivity contribution is 0.140. The lowest BCUT2D eigenvalue weighted by Crippen LogP contribution is -1.98. The van der Waals surface area contributed by atoms with Gasteiger partial charge >= 0.3 is 0 Å². The first kappa shape index (κ1) is 11.4. The zero-order valence-corrected chi connectivity index (χ0v) is 9.82. The minimum absolute atomic E-state index is 0.734. The standard InChI is InChI=1S/C15H20O/c1-2-5-9-14(8-4-1)12-16-13-15-10-6-3-7-11-15/h3,6-8,10-11H,1-2,4-5,9,12-13H2. The predicted octanol–water partition coefficient (Wildman–Crippen LogP) is 4.09. The molecule has 0 spiro atoms. The van der Waals surface area contributed by atoms with E-state index in [0.29, 0.717) is 0 Å². The molecule has 1 aromatic rings. The smallest absolute Gasteiger partial charge is 0.0721 e. The minimum Gasteiger partial charge on any atom is -0.372 e. The van der Waals surface area contributed by atoms with Gasteiger partial charge in [-0.15, -0.1) is 0 Å². The Hall–Kier alpha value is -1.08. The summed E-state index contributed by atoms with van der Waals surface area (Å²) in [5.74, 6) is 0. The third kappa shape index (κ3) is 3.82. The Labute approximate surface area is 98.1 Å². The van der Waals surface area contributed by atoms with Crippen molar-refractivity contribution >= 4 is 0 Å². The molecule has 1 aromatic carbocycles. The molecule has 0 radical (unpaired) electrons. The summed E-state index contributed by atoms with van der Waals surface area (Å²) >= 11 is 0. The molecule has 16 heavy (non-hydrogen) atoms. The summed E-state index contributed by atoms with van der Waals surface area (Å²) in [6, 6.07) is 10.4. The molecule has 0 aliphatic heterocycles. The van der Waals surface area contributed by atoms with Crippen molar-refractivity contribution in [3.8, 4) is 0 Å². The maximum absolute atomic E-state index is 5.75. The fourth-order valence-corrected chi connectivity index (χ4v) is 2.09. The van der Waals surface area contributed by atoms with Crippen LogP contribution in [0.1, 0.15) is 37.7 Å². The molecule has 1 aliphatic rings. The quantitative estimate of drug-likeness (QED) is 0.689. The first-order valence-corrected chi connectivity index (χ1v) is 6.25. The number of hydrogen-bond acceptors (Lipinski definition) is 1. The van der Waals surface area contributed by atoms with E-state index < -0.39 is 0 Å². The molecule has 0 heterocycles. The predicted molar refractivity (Wildman–Crippen MR) is 67.3 cm³/mol. The van der Waals surface area contributed by atoms with Crippen LogP contribution in [0.15, 0.2) is 42.0 Å². The molecule has 86 valence electrons. The first-order chi connectivity index (χ1) is 7.95. The van der Waals surface area contributed by atoms with Crippen molar-refractivity contribution in [3.63, 3.8) is 0 Å². The van der Waals surface area contributed by atoms with Gasteiger partial charge in [0.05, 0.1) is 13.2 Å². The van der Waals surface area contributed by atoms with E-state index in [2.05, 4.69) is 30.3 Å². The highest BCUT2D eigenvalue weighted by Crippen LogP contribution is 2.17. The van der Waals surface area contributed by atoms with E-state index in [1.165, 1.54) is 43.2 Å². The largest absolute Gasteiger partial charge is 0.372 e. The molecular formula is C15H20O. The third-order valence-corrected chi connectivity index (χ3v) is 3.03. The Kier molecular flexibility index (Phi) is 4.63. The monoisotopic (exact) mass is 216 g/mol. The van der Waals surface area contributed by atoms with Gasteiger partial charge in [-0.05, 0) is 36.8 Å². The first-order valence-electron chi connectivity index (χ1n) is 6.25. The van der Waals surface area contributed by atoms with Crippen molar-refractivity contribution in [1.29, 1.82) is 0 Å². The Morgan fingerprint density at radius 2 is 1.81 bits per heavy atom. The average molecular weight is 216 g/mol. The minimum atomic E-state index is 0.734. The molecule has 1 nitrogen and oxygen atoms in total. The number of ether oxygens (including phenoxy) is 1. The van der Waals surface area contributed by atoms with E-state index in [1.54, 1.807) is 0 Å². The molecule has 0 fully saturated rings. The van der Waals surface area contributed by atoms with Crippen molar-refractivity contribution < 1.29 is 4.74 Å². The molecule has 0 atom stereocenters. The van der Waals surface area contributed by atoms with E-state index >= 15 is 0 Å². The Morgan fingerprint density at radius 3 is 2.69 bits per heavy atom. The average Bonchev–Trinajstić information content (AvgIpc) is 2.59. The van der Waals surface area contributed by atoms with Crippen LogP contribution in [0, 0.1) is 0 Å². The van der Waals surface area contributed by atoms with Gasteiger partial charge in [0.25, 0.3) is 0 Å². The zero-order chi connectivity index (χ0) is 11.1.